The van der Waals surface area contributed by atoms with Gasteiger partial charge in [-0.15, -0.1) is 11.8 Å². The summed E-state index contributed by atoms with van der Waals surface area (Å²) in [4.78, 5) is 27.9. The van der Waals surface area contributed by atoms with E-state index < -0.39 is 6.04 Å². The van der Waals surface area contributed by atoms with Crippen molar-refractivity contribution in [1.29, 1.82) is 0 Å². The second-order valence-corrected chi connectivity index (χ2v) is 9.96. The smallest absolute Gasteiger partial charge is 0.243 e. The molecule has 0 aliphatic rings. The van der Waals surface area contributed by atoms with Crippen molar-refractivity contribution in [3.05, 3.63) is 70.7 Å². The molecule has 0 aromatic heterocycles. The van der Waals surface area contributed by atoms with Gasteiger partial charge in [0.15, 0.2) is 0 Å². The maximum atomic E-state index is 13.2. The number of thioether (sulfide) groups is 1. The number of benzene rings is 2. The van der Waals surface area contributed by atoms with Gasteiger partial charge in [0.05, 0.1) is 5.75 Å². The molecule has 0 fully saturated rings. The van der Waals surface area contributed by atoms with Crippen LogP contribution < -0.4 is 5.32 Å². The van der Waals surface area contributed by atoms with E-state index in [4.69, 9.17) is 11.6 Å². The molecule has 2 amide bonds. The Morgan fingerprint density at radius 3 is 2.32 bits per heavy atom. The molecule has 0 saturated carbocycles. The number of halogens is 1. The lowest BCUT2D eigenvalue weighted by molar-refractivity contribution is -0.139. The van der Waals surface area contributed by atoms with Crippen LogP contribution in [0.3, 0.4) is 0 Å². The van der Waals surface area contributed by atoms with E-state index in [1.807, 2.05) is 82.3 Å². The summed E-state index contributed by atoms with van der Waals surface area (Å²) in [5.74, 6) is 0.832. The molecule has 1 atom stereocenters. The average molecular weight is 461 g/mol. The highest BCUT2D eigenvalue weighted by Crippen LogP contribution is 2.21. The molecule has 31 heavy (non-hydrogen) atoms. The van der Waals surface area contributed by atoms with Gasteiger partial charge in [0.25, 0.3) is 0 Å². The summed E-state index contributed by atoms with van der Waals surface area (Å²) in [5.41, 5.74) is 1.81. The molecule has 1 unspecified atom stereocenters. The molecular weight excluding hydrogens is 428 g/mol. The molecule has 0 aliphatic carbocycles. The van der Waals surface area contributed by atoms with Gasteiger partial charge in [-0.25, -0.2) is 0 Å². The topological polar surface area (TPSA) is 49.4 Å². The van der Waals surface area contributed by atoms with Crippen LogP contribution in [0.5, 0.6) is 0 Å². The summed E-state index contributed by atoms with van der Waals surface area (Å²) < 4.78 is 0. The largest absolute Gasteiger partial charge is 0.350 e. The van der Waals surface area contributed by atoms with E-state index in [1.54, 1.807) is 4.90 Å². The summed E-state index contributed by atoms with van der Waals surface area (Å²) in [5, 5.41) is 3.74. The van der Waals surface area contributed by atoms with Crippen LogP contribution in [0.1, 0.15) is 45.2 Å². The quantitative estimate of drug-likeness (QED) is 0.520. The first kappa shape index (κ1) is 25.3. The monoisotopic (exact) mass is 460 g/mol. The lowest BCUT2D eigenvalue weighted by Gasteiger charge is -2.33. The van der Waals surface area contributed by atoms with Crippen LogP contribution in [0, 0.1) is 0 Å². The van der Waals surface area contributed by atoms with Crippen LogP contribution in [0.4, 0.5) is 0 Å². The molecule has 4 nitrogen and oxygen atoms in total. The number of hydrogen-bond acceptors (Lipinski definition) is 3. The van der Waals surface area contributed by atoms with Crippen LogP contribution in [-0.2, 0) is 21.8 Å². The number of amides is 2. The SMILES string of the molecule is CCC(C(=O)NC(C)(C)C)N(CCc1ccccc1)C(=O)CSCc1ccccc1Cl. The van der Waals surface area contributed by atoms with Crippen molar-refractivity contribution in [3.8, 4) is 0 Å². The first-order valence-corrected chi connectivity index (χ1v) is 12.2. The van der Waals surface area contributed by atoms with E-state index >= 15 is 0 Å². The van der Waals surface area contributed by atoms with E-state index in [0.29, 0.717) is 35.9 Å². The summed E-state index contributed by atoms with van der Waals surface area (Å²) in [6.07, 6.45) is 1.28. The highest BCUT2D eigenvalue weighted by molar-refractivity contribution is 7.99. The van der Waals surface area contributed by atoms with Gasteiger partial charge in [-0.05, 0) is 50.8 Å². The zero-order chi connectivity index (χ0) is 22.9. The Hall–Kier alpha value is -1.98. The summed E-state index contributed by atoms with van der Waals surface area (Å²) in [6, 6.07) is 17.2. The van der Waals surface area contributed by atoms with E-state index in [-0.39, 0.29) is 17.4 Å². The van der Waals surface area contributed by atoms with Gasteiger partial charge >= 0.3 is 0 Å². The number of nitrogens with zero attached hydrogens (tertiary/aromatic N) is 1. The molecule has 0 spiro atoms. The van der Waals surface area contributed by atoms with Crippen LogP contribution in [0.2, 0.25) is 5.02 Å². The highest BCUT2D eigenvalue weighted by Gasteiger charge is 2.30. The molecule has 0 saturated heterocycles. The van der Waals surface area contributed by atoms with E-state index in [0.717, 1.165) is 11.1 Å². The molecule has 6 heteroatoms. The molecule has 2 aromatic rings. The first-order chi connectivity index (χ1) is 14.7. The van der Waals surface area contributed by atoms with Crippen LogP contribution >= 0.6 is 23.4 Å². The summed E-state index contributed by atoms with van der Waals surface area (Å²) in [7, 11) is 0. The molecule has 1 N–H and O–H groups in total. The van der Waals surface area contributed by atoms with Gasteiger partial charge < -0.3 is 10.2 Å². The van der Waals surface area contributed by atoms with Gasteiger partial charge in [-0.1, -0.05) is 67.1 Å². The highest BCUT2D eigenvalue weighted by atomic mass is 35.5. The molecule has 2 aromatic carbocycles. The maximum absolute atomic E-state index is 13.2. The van der Waals surface area contributed by atoms with Gasteiger partial charge in [0.1, 0.15) is 6.04 Å². The van der Waals surface area contributed by atoms with Crippen molar-refractivity contribution in [2.24, 2.45) is 0 Å². The van der Waals surface area contributed by atoms with E-state index in [9.17, 15) is 9.59 Å². The van der Waals surface area contributed by atoms with Crippen molar-refractivity contribution in [1.82, 2.24) is 10.2 Å². The third kappa shape index (κ3) is 8.58. The minimum Gasteiger partial charge on any atom is -0.350 e. The fourth-order valence-electron chi connectivity index (χ4n) is 3.30. The minimum atomic E-state index is -0.489. The predicted octanol–water partition coefficient (Wildman–Crippen LogP) is 5.34. The Balaban J connectivity index is 2.09. The van der Waals surface area contributed by atoms with Crippen LogP contribution in [0.15, 0.2) is 54.6 Å². The molecule has 0 bridgehead atoms. The fourth-order valence-corrected chi connectivity index (χ4v) is 4.49. The zero-order valence-electron chi connectivity index (χ0n) is 18.9. The zero-order valence-corrected chi connectivity index (χ0v) is 20.4. The Morgan fingerprint density at radius 2 is 1.71 bits per heavy atom. The standard InChI is InChI=1S/C25H33ClN2O2S/c1-5-22(24(30)27-25(2,3)4)28(16-15-19-11-7-6-8-12-19)23(29)18-31-17-20-13-9-10-14-21(20)26/h6-14,22H,5,15-18H2,1-4H3,(H,27,30). The summed E-state index contributed by atoms with van der Waals surface area (Å²) >= 11 is 7.76. The van der Waals surface area contributed by atoms with Crippen LogP contribution in [0.25, 0.3) is 0 Å². The molecular formula is C25H33ClN2O2S. The van der Waals surface area contributed by atoms with E-state index in [1.165, 1.54) is 11.8 Å². The Kier molecular flexibility index (Phi) is 9.92. The molecule has 168 valence electrons. The molecule has 0 aliphatic heterocycles. The first-order valence-electron chi connectivity index (χ1n) is 10.7. The number of carbonyl (C=O) groups is 2. The third-order valence-corrected chi connectivity index (χ3v) is 6.14. The van der Waals surface area contributed by atoms with Crippen molar-refractivity contribution in [3.63, 3.8) is 0 Å². The molecule has 0 heterocycles. The van der Waals surface area contributed by atoms with Gasteiger partial charge in [-0.3, -0.25) is 9.59 Å². The average Bonchev–Trinajstić information content (AvgIpc) is 2.71. The van der Waals surface area contributed by atoms with Crippen molar-refractivity contribution >= 4 is 35.2 Å². The second-order valence-electron chi connectivity index (χ2n) is 8.57. The molecule has 0 radical (unpaired) electrons. The maximum Gasteiger partial charge on any atom is 0.243 e. The van der Waals surface area contributed by atoms with Gasteiger partial charge in [0, 0.05) is 22.9 Å². The third-order valence-electron chi connectivity index (χ3n) is 4.81. The van der Waals surface area contributed by atoms with Crippen LogP contribution in [-0.4, -0.2) is 40.6 Å². The summed E-state index contributed by atoms with van der Waals surface area (Å²) in [6.45, 7) is 8.31. The van der Waals surface area contributed by atoms with Crippen molar-refractivity contribution in [2.75, 3.05) is 12.3 Å². The number of hydrogen-bond donors (Lipinski definition) is 1. The lowest BCUT2D eigenvalue weighted by atomic mass is 10.1. The Bertz CT molecular complexity index is 852. The van der Waals surface area contributed by atoms with Crippen molar-refractivity contribution < 1.29 is 9.59 Å². The fraction of sp³-hybridized carbons (Fsp3) is 0.440. The number of rotatable bonds is 10. The molecule has 2 rings (SSSR count). The van der Waals surface area contributed by atoms with Gasteiger partial charge in [-0.2, -0.15) is 0 Å². The second kappa shape index (κ2) is 12.2. The van der Waals surface area contributed by atoms with E-state index in [2.05, 4.69) is 5.32 Å². The Morgan fingerprint density at radius 1 is 1.06 bits per heavy atom. The number of carbonyl (C=O) groups excluding carboxylic acids is 2. The predicted molar refractivity (Wildman–Crippen MR) is 131 cm³/mol. The number of nitrogens with one attached hydrogen (secondary N) is 1. The normalized spacial score (nSPS) is 12.3. The Labute approximate surface area is 195 Å². The lowest BCUT2D eigenvalue weighted by Crippen LogP contribution is -2.54. The minimum absolute atomic E-state index is 0.0242. The van der Waals surface area contributed by atoms with Crippen molar-refractivity contribution in [2.45, 2.75) is 57.9 Å². The van der Waals surface area contributed by atoms with Gasteiger partial charge in [0.2, 0.25) is 11.8 Å².